The number of likely N-dealkylation sites (tertiary alicyclic amines) is 1. The predicted octanol–water partition coefficient (Wildman–Crippen LogP) is 1.60. The van der Waals surface area contributed by atoms with E-state index in [2.05, 4.69) is 24.2 Å². The molecule has 3 saturated heterocycles. The number of hydrogen-bond donors (Lipinski definition) is 1. The molecule has 3 rings (SSSR count). The highest BCUT2D eigenvalue weighted by Crippen LogP contribution is 2.32. The molecule has 20 heavy (non-hydrogen) atoms. The predicted molar refractivity (Wildman–Crippen MR) is 80.6 cm³/mol. The number of nitrogens with zero attached hydrogens (tertiary/aromatic N) is 2. The van der Waals surface area contributed by atoms with Crippen molar-refractivity contribution in [3.63, 3.8) is 0 Å². The minimum atomic E-state index is -0.0118. The van der Waals surface area contributed by atoms with Gasteiger partial charge in [-0.1, -0.05) is 6.42 Å². The van der Waals surface area contributed by atoms with Crippen molar-refractivity contribution in [1.82, 2.24) is 15.1 Å². The van der Waals surface area contributed by atoms with Gasteiger partial charge in [-0.05, 0) is 52.5 Å². The average Bonchev–Trinajstić information content (AvgIpc) is 2.93. The first-order chi connectivity index (χ1) is 9.65. The molecule has 0 aromatic rings. The maximum Gasteiger partial charge on any atom is 0.239 e. The summed E-state index contributed by atoms with van der Waals surface area (Å²) in [4.78, 5) is 17.0. The van der Waals surface area contributed by atoms with Crippen LogP contribution in [0.15, 0.2) is 0 Å². The van der Waals surface area contributed by atoms with Crippen LogP contribution in [0.1, 0.15) is 51.9 Å². The number of nitrogens with one attached hydrogen (secondary N) is 1. The van der Waals surface area contributed by atoms with E-state index in [1.54, 1.807) is 0 Å². The van der Waals surface area contributed by atoms with E-state index < -0.39 is 0 Å². The molecule has 2 bridgehead atoms. The molecule has 0 spiro atoms. The molecule has 3 aliphatic rings. The summed E-state index contributed by atoms with van der Waals surface area (Å²) in [6.07, 6.45) is 8.83. The normalized spacial score (nSPS) is 36.1. The second kappa shape index (κ2) is 6.02. The van der Waals surface area contributed by atoms with Gasteiger partial charge in [-0.3, -0.25) is 4.79 Å². The summed E-state index contributed by atoms with van der Waals surface area (Å²) in [5.74, 6) is 0.312. The third kappa shape index (κ3) is 2.86. The van der Waals surface area contributed by atoms with Crippen molar-refractivity contribution in [3.05, 3.63) is 0 Å². The van der Waals surface area contributed by atoms with Gasteiger partial charge in [-0.2, -0.15) is 0 Å². The minimum Gasteiger partial charge on any atom is -0.341 e. The molecular formula is C16H29N3O. The molecule has 4 heteroatoms. The second-order valence-electron chi connectivity index (χ2n) is 6.99. The topological polar surface area (TPSA) is 35.6 Å². The van der Waals surface area contributed by atoms with E-state index in [0.29, 0.717) is 11.9 Å². The highest BCUT2D eigenvalue weighted by Gasteiger charge is 2.37. The van der Waals surface area contributed by atoms with Crippen LogP contribution >= 0.6 is 0 Å². The van der Waals surface area contributed by atoms with E-state index in [9.17, 15) is 4.79 Å². The zero-order chi connectivity index (χ0) is 14.1. The maximum absolute atomic E-state index is 12.4. The molecule has 3 atom stereocenters. The number of carbonyl (C=O) groups excluding carboxylic acids is 1. The number of hydrogen-bond acceptors (Lipinski definition) is 3. The molecule has 3 heterocycles. The van der Waals surface area contributed by atoms with Crippen LogP contribution in [0.4, 0.5) is 0 Å². The van der Waals surface area contributed by atoms with Crippen LogP contribution in [0.5, 0.6) is 0 Å². The molecule has 0 aliphatic carbocycles. The fourth-order valence-corrected chi connectivity index (χ4v) is 4.39. The Kier molecular flexibility index (Phi) is 4.32. The lowest BCUT2D eigenvalue weighted by Gasteiger charge is -2.47. The largest absolute Gasteiger partial charge is 0.341 e. The molecule has 0 saturated carbocycles. The molecule has 3 aliphatic heterocycles. The molecule has 4 nitrogen and oxygen atoms in total. The van der Waals surface area contributed by atoms with Crippen molar-refractivity contribution in [3.8, 4) is 0 Å². The number of carbonyl (C=O) groups is 1. The Morgan fingerprint density at radius 2 is 1.70 bits per heavy atom. The molecular weight excluding hydrogens is 250 g/mol. The van der Waals surface area contributed by atoms with E-state index in [1.807, 2.05) is 4.90 Å². The van der Waals surface area contributed by atoms with Crippen molar-refractivity contribution in [2.75, 3.05) is 20.1 Å². The van der Waals surface area contributed by atoms with Crippen LogP contribution in [0.2, 0.25) is 0 Å². The van der Waals surface area contributed by atoms with Crippen LogP contribution in [-0.4, -0.2) is 60.0 Å². The van der Waals surface area contributed by atoms with Crippen molar-refractivity contribution in [1.29, 1.82) is 0 Å². The Labute approximate surface area is 122 Å². The standard InChI is InChI=1S/C16H29N3O/c1-12(16(20)19-8-3-4-9-19)17-13-10-14-6-5-7-15(11-13)18(14)2/h12-15,17H,3-11H2,1-2H3. The summed E-state index contributed by atoms with van der Waals surface area (Å²) < 4.78 is 0. The molecule has 1 N–H and O–H groups in total. The average molecular weight is 279 g/mol. The fourth-order valence-electron chi connectivity index (χ4n) is 4.39. The summed E-state index contributed by atoms with van der Waals surface area (Å²) >= 11 is 0. The Bertz CT molecular complexity index is 340. The van der Waals surface area contributed by atoms with Gasteiger partial charge in [0, 0.05) is 31.2 Å². The lowest BCUT2D eigenvalue weighted by atomic mass is 9.82. The third-order valence-electron chi connectivity index (χ3n) is 5.61. The summed E-state index contributed by atoms with van der Waals surface area (Å²) in [7, 11) is 2.28. The molecule has 3 unspecified atom stereocenters. The van der Waals surface area contributed by atoms with Crippen LogP contribution in [-0.2, 0) is 4.79 Å². The van der Waals surface area contributed by atoms with Gasteiger partial charge in [0.25, 0.3) is 0 Å². The lowest BCUT2D eigenvalue weighted by molar-refractivity contribution is -0.132. The minimum absolute atomic E-state index is 0.0118. The lowest BCUT2D eigenvalue weighted by Crippen LogP contribution is -2.57. The van der Waals surface area contributed by atoms with Crippen LogP contribution < -0.4 is 5.32 Å². The van der Waals surface area contributed by atoms with Gasteiger partial charge in [0.05, 0.1) is 6.04 Å². The Hall–Kier alpha value is -0.610. The van der Waals surface area contributed by atoms with Gasteiger partial charge >= 0.3 is 0 Å². The van der Waals surface area contributed by atoms with Crippen molar-refractivity contribution < 1.29 is 4.79 Å². The smallest absolute Gasteiger partial charge is 0.239 e. The SMILES string of the molecule is CC(NC1CC2CCCC(C1)N2C)C(=O)N1CCCC1. The number of rotatable bonds is 3. The van der Waals surface area contributed by atoms with Gasteiger partial charge in [0.1, 0.15) is 0 Å². The summed E-state index contributed by atoms with van der Waals surface area (Å²) in [5.41, 5.74) is 0. The Morgan fingerprint density at radius 1 is 1.10 bits per heavy atom. The maximum atomic E-state index is 12.4. The van der Waals surface area contributed by atoms with E-state index >= 15 is 0 Å². The van der Waals surface area contributed by atoms with E-state index in [0.717, 1.165) is 25.2 Å². The molecule has 0 radical (unpaired) electrons. The number of amides is 1. The summed E-state index contributed by atoms with van der Waals surface area (Å²) in [5, 5.41) is 3.63. The number of fused-ring (bicyclic) bond motifs is 2. The zero-order valence-electron chi connectivity index (χ0n) is 13.0. The first-order valence-electron chi connectivity index (χ1n) is 8.42. The molecule has 0 aromatic heterocycles. The fraction of sp³-hybridized carbons (Fsp3) is 0.938. The van der Waals surface area contributed by atoms with E-state index in [1.165, 1.54) is 44.9 Å². The molecule has 3 fully saturated rings. The first kappa shape index (κ1) is 14.3. The summed E-state index contributed by atoms with van der Waals surface area (Å²) in [6.45, 7) is 3.97. The molecule has 114 valence electrons. The van der Waals surface area contributed by atoms with E-state index in [4.69, 9.17) is 0 Å². The second-order valence-corrected chi connectivity index (χ2v) is 6.99. The van der Waals surface area contributed by atoms with Crippen molar-refractivity contribution >= 4 is 5.91 Å². The monoisotopic (exact) mass is 279 g/mol. The van der Waals surface area contributed by atoms with Gasteiger partial charge in [0.15, 0.2) is 0 Å². The zero-order valence-corrected chi connectivity index (χ0v) is 13.0. The van der Waals surface area contributed by atoms with Crippen molar-refractivity contribution in [2.24, 2.45) is 0 Å². The molecule has 0 aromatic carbocycles. The van der Waals surface area contributed by atoms with Gasteiger partial charge in [-0.15, -0.1) is 0 Å². The molecule has 1 amide bonds. The highest BCUT2D eigenvalue weighted by molar-refractivity contribution is 5.81. The van der Waals surface area contributed by atoms with E-state index in [-0.39, 0.29) is 6.04 Å². The van der Waals surface area contributed by atoms with Crippen molar-refractivity contribution in [2.45, 2.75) is 76.0 Å². The first-order valence-corrected chi connectivity index (χ1v) is 8.42. The Balaban J connectivity index is 1.54. The summed E-state index contributed by atoms with van der Waals surface area (Å²) in [6, 6.07) is 1.98. The van der Waals surface area contributed by atoms with Gasteiger partial charge in [0.2, 0.25) is 5.91 Å². The Morgan fingerprint density at radius 3 is 2.30 bits per heavy atom. The quantitative estimate of drug-likeness (QED) is 0.852. The number of piperidine rings is 2. The third-order valence-corrected chi connectivity index (χ3v) is 5.61. The van der Waals surface area contributed by atoms with Crippen LogP contribution in [0, 0.1) is 0 Å². The van der Waals surface area contributed by atoms with Gasteiger partial charge in [-0.25, -0.2) is 0 Å². The van der Waals surface area contributed by atoms with Gasteiger partial charge < -0.3 is 15.1 Å². The van der Waals surface area contributed by atoms with Crippen LogP contribution in [0.25, 0.3) is 0 Å². The van der Waals surface area contributed by atoms with Crippen LogP contribution in [0.3, 0.4) is 0 Å². The highest BCUT2D eigenvalue weighted by atomic mass is 16.2.